The molecule has 10 N–H and O–H groups in total. The van der Waals surface area contributed by atoms with Crippen LogP contribution in [-0.2, 0) is 12.3 Å². The van der Waals surface area contributed by atoms with Crippen molar-refractivity contribution in [3.63, 3.8) is 0 Å². The second kappa shape index (κ2) is 5.15. The van der Waals surface area contributed by atoms with Crippen LogP contribution in [0, 0.1) is 0 Å². The molecule has 13 nitrogen and oxygen atoms in total. The first-order valence-corrected chi connectivity index (χ1v) is 10.4. The third-order valence-electron chi connectivity index (χ3n) is 0.806. The lowest BCUT2D eigenvalue weighted by atomic mass is 15.6. The van der Waals surface area contributed by atoms with E-state index in [1.54, 1.807) is 0 Å². The van der Waals surface area contributed by atoms with Crippen LogP contribution in [0.4, 0.5) is 0 Å². The topological polar surface area (TPSA) is 230 Å². The van der Waals surface area contributed by atoms with Crippen molar-refractivity contribution in [2.45, 2.75) is 0 Å². The highest BCUT2D eigenvalue weighted by Crippen LogP contribution is 2.12. The molecule has 0 heterocycles. The summed E-state index contributed by atoms with van der Waals surface area (Å²) < 4.78 is 10.4. The Morgan fingerprint density at radius 1 is 0.412 bits per heavy atom. The van der Waals surface area contributed by atoms with Gasteiger partial charge in [-0.15, -0.1) is 0 Å². The second-order valence-corrected chi connectivity index (χ2v) is 9.49. The van der Waals surface area contributed by atoms with Gasteiger partial charge in [-0.25, -0.2) is 0 Å². The van der Waals surface area contributed by atoms with Gasteiger partial charge in [0, 0.05) is 0 Å². The van der Waals surface area contributed by atoms with Crippen LogP contribution in [0.1, 0.15) is 0 Å². The van der Waals surface area contributed by atoms with E-state index in [1.165, 1.54) is 0 Å². The lowest BCUT2D eigenvalue weighted by Crippen LogP contribution is -2.64. The van der Waals surface area contributed by atoms with Gasteiger partial charge < -0.3 is 60.3 Å². The van der Waals surface area contributed by atoms with Crippen molar-refractivity contribution >= 4 is 36.2 Å². The predicted octanol–water partition coefficient (Wildman–Crippen LogP) is -7.30. The molecule has 0 atom stereocenters. The van der Waals surface area contributed by atoms with Crippen molar-refractivity contribution in [3.8, 4) is 0 Å². The molecule has 17 heteroatoms. The van der Waals surface area contributed by atoms with E-state index in [0.29, 0.717) is 0 Å². The highest BCUT2D eigenvalue weighted by molar-refractivity contribution is 6.74. The summed E-state index contributed by atoms with van der Waals surface area (Å²) in [5.41, 5.74) is 0. The van der Waals surface area contributed by atoms with Crippen LogP contribution in [0.2, 0.25) is 0 Å². The predicted molar refractivity (Wildman–Crippen MR) is 48.5 cm³/mol. The van der Waals surface area contributed by atoms with E-state index < -0.39 is 36.2 Å². The Morgan fingerprint density at radius 3 is 0.824 bits per heavy atom. The number of hydrogen-bond donors (Lipinski definition) is 10. The van der Waals surface area contributed by atoms with E-state index in [-0.39, 0.29) is 0 Å². The zero-order valence-electron chi connectivity index (χ0n) is 7.70. The van der Waals surface area contributed by atoms with Gasteiger partial charge in [-0.1, -0.05) is 0 Å². The molecule has 0 fully saturated rings. The lowest BCUT2D eigenvalue weighted by molar-refractivity contribution is -0.00700. The fourth-order valence-electron chi connectivity index (χ4n) is 0.572. The molecule has 0 aliphatic carbocycles. The highest BCUT2D eigenvalue weighted by Gasteiger charge is 2.59. The molecular formula is H10O13Si4. The molecule has 0 radical (unpaired) electrons. The third kappa shape index (κ3) is 10.00. The van der Waals surface area contributed by atoms with E-state index in [2.05, 4.69) is 12.3 Å². The second-order valence-electron chi connectivity index (χ2n) is 2.55. The van der Waals surface area contributed by atoms with Crippen molar-refractivity contribution in [2.24, 2.45) is 0 Å². The fourth-order valence-corrected chi connectivity index (χ4v) is 5.89. The van der Waals surface area contributed by atoms with Crippen LogP contribution in [0.5, 0.6) is 0 Å². The fraction of sp³-hybridized carbons (Fsp3) is 0. The minimum absolute atomic E-state index is 3.41. The molecule has 17 heavy (non-hydrogen) atoms. The molecule has 0 aromatic rings. The Bertz CT molecular complexity index is 217. The molecule has 0 amide bonds. The van der Waals surface area contributed by atoms with Gasteiger partial charge in [-0.3, -0.25) is 0 Å². The molecule has 0 saturated heterocycles. The van der Waals surface area contributed by atoms with E-state index >= 15 is 0 Å². The van der Waals surface area contributed by atoms with Gasteiger partial charge in [0.15, 0.2) is 0 Å². The quantitative estimate of drug-likeness (QED) is 0.204. The van der Waals surface area contributed by atoms with E-state index in [1.807, 2.05) is 0 Å². The summed E-state index contributed by atoms with van der Waals surface area (Å²) >= 11 is 0. The maximum absolute atomic E-state index is 8.79. The van der Waals surface area contributed by atoms with Crippen LogP contribution in [0.3, 0.4) is 0 Å². The summed E-state index contributed by atoms with van der Waals surface area (Å²) in [6.45, 7) is 0. The monoisotopic (exact) mass is 330 g/mol. The number of hydrogen-bond acceptors (Lipinski definition) is 13. The normalized spacial score (nSPS) is 15.2. The summed E-state index contributed by atoms with van der Waals surface area (Å²) in [6.07, 6.45) is 0. The van der Waals surface area contributed by atoms with Gasteiger partial charge in [0.1, 0.15) is 0 Å². The summed E-state index contributed by atoms with van der Waals surface area (Å²) in [5, 5.41) is 0. The largest absolute Gasteiger partial charge is 0.665 e. The zero-order valence-corrected chi connectivity index (χ0v) is 11.7. The average Bonchev–Trinajstić information content (AvgIpc) is 1.65. The van der Waals surface area contributed by atoms with Crippen molar-refractivity contribution in [1.29, 1.82) is 0 Å². The van der Waals surface area contributed by atoms with Crippen LogP contribution in [-0.4, -0.2) is 84.1 Å². The van der Waals surface area contributed by atoms with Crippen LogP contribution in [0.15, 0.2) is 0 Å². The molecule has 0 unspecified atom stereocenters. The Balaban J connectivity index is 4.59. The smallest absolute Gasteiger partial charge is 0.368 e. The van der Waals surface area contributed by atoms with Gasteiger partial charge in [0.2, 0.25) is 0 Å². The van der Waals surface area contributed by atoms with E-state index in [0.717, 1.165) is 0 Å². The Labute approximate surface area is 97.2 Å². The zero-order chi connectivity index (χ0) is 14.1. The van der Waals surface area contributed by atoms with Crippen molar-refractivity contribution in [1.82, 2.24) is 0 Å². The van der Waals surface area contributed by atoms with Gasteiger partial charge >= 0.3 is 36.2 Å². The third-order valence-corrected chi connectivity index (χ3v) is 7.25. The maximum Gasteiger partial charge on any atom is 0.665 e. The van der Waals surface area contributed by atoms with E-state index in [4.69, 9.17) is 48.0 Å². The van der Waals surface area contributed by atoms with Crippen LogP contribution < -0.4 is 0 Å². The first-order valence-electron chi connectivity index (χ1n) is 3.46. The molecule has 0 spiro atoms. The summed E-state index contributed by atoms with van der Waals surface area (Å²) in [6, 6.07) is 0. The summed E-state index contributed by atoms with van der Waals surface area (Å²) in [4.78, 5) is 85.1. The van der Waals surface area contributed by atoms with Gasteiger partial charge in [0.25, 0.3) is 0 Å². The van der Waals surface area contributed by atoms with Gasteiger partial charge in [-0.05, 0) is 0 Å². The Hall–Kier alpha value is 0.348. The maximum atomic E-state index is 8.79. The molecule has 0 bridgehead atoms. The van der Waals surface area contributed by atoms with Crippen molar-refractivity contribution in [3.05, 3.63) is 0 Å². The first-order chi connectivity index (χ1) is 7.12. The first kappa shape index (κ1) is 17.3. The lowest BCUT2D eigenvalue weighted by Gasteiger charge is -2.26. The molecular weight excluding hydrogens is 320 g/mol. The van der Waals surface area contributed by atoms with Crippen molar-refractivity contribution in [2.75, 3.05) is 0 Å². The van der Waals surface area contributed by atoms with Gasteiger partial charge in [-0.2, -0.15) is 0 Å². The minimum Gasteiger partial charge on any atom is -0.368 e. The molecule has 0 aliphatic rings. The molecule has 104 valence electrons. The van der Waals surface area contributed by atoms with Gasteiger partial charge in [0.05, 0.1) is 0 Å². The average molecular weight is 330 g/mol. The number of rotatable bonds is 6. The van der Waals surface area contributed by atoms with E-state index in [9.17, 15) is 0 Å². The summed E-state index contributed by atoms with van der Waals surface area (Å²) in [5.74, 6) is 0. The van der Waals surface area contributed by atoms with Crippen LogP contribution >= 0.6 is 0 Å². The molecule has 0 aromatic carbocycles. The Morgan fingerprint density at radius 2 is 0.647 bits per heavy atom. The Kier molecular flexibility index (Phi) is 5.25. The van der Waals surface area contributed by atoms with Crippen LogP contribution in [0.25, 0.3) is 0 Å². The summed E-state index contributed by atoms with van der Waals surface area (Å²) in [7, 11) is -22.2. The standard InChI is InChI=1S/H10O13Si4/c1-14(2,3)11-16(7,8)13-17(9,10)12-15(4,5)6/h1-10H. The molecule has 0 aliphatic heterocycles. The minimum atomic E-state index is -5.64. The van der Waals surface area contributed by atoms with Crippen molar-refractivity contribution < 1.29 is 60.3 Å². The highest BCUT2D eigenvalue weighted by atomic mass is 28.5. The molecule has 0 aromatic heterocycles. The molecule has 0 rings (SSSR count). The molecule has 0 saturated carbocycles. The SMILES string of the molecule is O[Si](O)(O)O[Si](O)(O)O[Si](O)(O)O[Si](O)(O)O.